The minimum Gasteiger partial charge on any atom is -0.207 e. The number of alkyl halides is 2. The molecule has 2 aromatic rings. The fraction of sp³-hybridized carbons (Fsp3) is 0.467. The monoisotopic (exact) mass is 470 g/mol. The molecule has 0 aromatic heterocycles. The van der Waals surface area contributed by atoms with Crippen molar-refractivity contribution < 1.29 is 17.6 Å². The zero-order chi connectivity index (χ0) is 24.4. The quantitative estimate of drug-likeness (QED) is 0.194. The number of hydrogen-bond acceptors (Lipinski definition) is 0. The summed E-state index contributed by atoms with van der Waals surface area (Å²) in [5.41, 5.74) is 1.95. The lowest BCUT2D eigenvalue weighted by molar-refractivity contribution is -0.0384. The Morgan fingerprint density at radius 2 is 1.53 bits per heavy atom. The van der Waals surface area contributed by atoms with Crippen molar-refractivity contribution >= 4 is 6.08 Å². The third-order valence-corrected chi connectivity index (χ3v) is 6.56. The summed E-state index contributed by atoms with van der Waals surface area (Å²) in [7, 11) is 0. The third-order valence-electron chi connectivity index (χ3n) is 6.56. The van der Waals surface area contributed by atoms with Crippen molar-refractivity contribution in [3.8, 4) is 11.8 Å². The Labute approximate surface area is 201 Å². The number of rotatable bonds is 9. The van der Waals surface area contributed by atoms with Crippen molar-refractivity contribution in [1.82, 2.24) is 0 Å². The summed E-state index contributed by atoms with van der Waals surface area (Å²) in [4.78, 5) is 0. The van der Waals surface area contributed by atoms with Gasteiger partial charge in [0.15, 0.2) is 11.6 Å². The molecule has 0 unspecified atom stereocenters. The van der Waals surface area contributed by atoms with Crippen molar-refractivity contribution in [2.75, 3.05) is 0 Å². The van der Waals surface area contributed by atoms with Gasteiger partial charge < -0.3 is 0 Å². The van der Waals surface area contributed by atoms with Gasteiger partial charge in [-0.3, -0.25) is 0 Å². The lowest BCUT2D eigenvalue weighted by atomic mass is 9.82. The fourth-order valence-electron chi connectivity index (χ4n) is 4.41. The minimum absolute atomic E-state index is 0.0229. The molecule has 2 aromatic carbocycles. The molecule has 0 saturated heterocycles. The summed E-state index contributed by atoms with van der Waals surface area (Å²) < 4.78 is 56.0. The molecule has 1 fully saturated rings. The molecule has 1 saturated carbocycles. The molecule has 0 heterocycles. The highest BCUT2D eigenvalue weighted by Crippen LogP contribution is 2.41. The number of allylic oxidation sites excluding steroid dienone is 1. The van der Waals surface area contributed by atoms with E-state index >= 15 is 0 Å². The molecule has 0 aliphatic heterocycles. The SMILES string of the molecule is CCCCCCCC/C=C/c1ccc(C#Cc2ccc(C3CCC(F)(F)CC3)c(F)c2F)cc1. The van der Waals surface area contributed by atoms with E-state index in [1.807, 2.05) is 24.3 Å². The van der Waals surface area contributed by atoms with Gasteiger partial charge in [0, 0.05) is 18.4 Å². The van der Waals surface area contributed by atoms with Crippen LogP contribution >= 0.6 is 0 Å². The van der Waals surface area contributed by atoms with Crippen LogP contribution in [0.4, 0.5) is 17.6 Å². The van der Waals surface area contributed by atoms with Crippen molar-refractivity contribution in [3.05, 3.63) is 76.4 Å². The first-order chi connectivity index (χ1) is 16.4. The van der Waals surface area contributed by atoms with Gasteiger partial charge in [-0.15, -0.1) is 0 Å². The number of unbranched alkanes of at least 4 members (excludes halogenated alkanes) is 6. The highest BCUT2D eigenvalue weighted by atomic mass is 19.3. The fourth-order valence-corrected chi connectivity index (χ4v) is 4.41. The van der Waals surface area contributed by atoms with Crippen LogP contribution in [0.15, 0.2) is 42.5 Å². The van der Waals surface area contributed by atoms with Crippen LogP contribution in [-0.4, -0.2) is 5.92 Å². The third kappa shape index (κ3) is 7.76. The molecule has 0 nitrogen and oxygen atoms in total. The maximum Gasteiger partial charge on any atom is 0.248 e. The standard InChI is InChI=1S/C30H34F4/c1-2-3-4-5-6-7-8-9-10-23-11-13-24(14-12-23)15-16-26-17-18-27(29(32)28(26)31)25-19-21-30(33,34)22-20-25/h9-14,17-18,25H,2-8,19-22H2,1H3/b10-9+. The van der Waals surface area contributed by atoms with Crippen LogP contribution in [0.2, 0.25) is 0 Å². The zero-order valence-electron chi connectivity index (χ0n) is 20.0. The number of benzene rings is 2. The van der Waals surface area contributed by atoms with Crippen LogP contribution in [0.1, 0.15) is 106 Å². The molecular weight excluding hydrogens is 436 g/mol. The molecule has 0 amide bonds. The normalized spacial score (nSPS) is 15.9. The van der Waals surface area contributed by atoms with Crippen LogP contribution in [0.25, 0.3) is 6.08 Å². The summed E-state index contributed by atoms with van der Waals surface area (Å²) in [6.07, 6.45) is 12.8. The zero-order valence-corrected chi connectivity index (χ0v) is 20.0. The van der Waals surface area contributed by atoms with Crippen molar-refractivity contribution in [1.29, 1.82) is 0 Å². The smallest absolute Gasteiger partial charge is 0.207 e. The van der Waals surface area contributed by atoms with Crippen LogP contribution < -0.4 is 0 Å². The predicted octanol–water partition coefficient (Wildman–Crippen LogP) is 9.42. The van der Waals surface area contributed by atoms with Crippen molar-refractivity contribution in [2.24, 2.45) is 0 Å². The van der Waals surface area contributed by atoms with Gasteiger partial charge in [-0.25, -0.2) is 17.6 Å². The van der Waals surface area contributed by atoms with E-state index in [9.17, 15) is 17.6 Å². The molecular formula is C30H34F4. The van der Waals surface area contributed by atoms with E-state index in [0.717, 1.165) is 12.0 Å². The Morgan fingerprint density at radius 3 is 2.24 bits per heavy atom. The van der Waals surface area contributed by atoms with E-state index in [2.05, 4.69) is 30.9 Å². The Morgan fingerprint density at radius 1 is 0.853 bits per heavy atom. The molecule has 34 heavy (non-hydrogen) atoms. The van der Waals surface area contributed by atoms with E-state index < -0.39 is 17.6 Å². The highest BCUT2D eigenvalue weighted by molar-refractivity contribution is 5.52. The average molecular weight is 471 g/mol. The summed E-state index contributed by atoms with van der Waals surface area (Å²) >= 11 is 0. The maximum atomic E-state index is 14.6. The lowest BCUT2D eigenvalue weighted by Crippen LogP contribution is -2.24. The topological polar surface area (TPSA) is 0 Å². The van der Waals surface area contributed by atoms with Crippen molar-refractivity contribution in [3.63, 3.8) is 0 Å². The van der Waals surface area contributed by atoms with Gasteiger partial charge in [-0.1, -0.05) is 81.2 Å². The second kappa shape index (κ2) is 12.8. The molecule has 0 atom stereocenters. The summed E-state index contributed by atoms with van der Waals surface area (Å²) in [6.45, 7) is 2.22. The summed E-state index contributed by atoms with van der Waals surface area (Å²) in [5.74, 6) is 0.554. The number of hydrogen-bond donors (Lipinski definition) is 0. The van der Waals surface area contributed by atoms with E-state index in [0.29, 0.717) is 5.56 Å². The van der Waals surface area contributed by atoms with Gasteiger partial charge in [0.25, 0.3) is 0 Å². The predicted molar refractivity (Wildman–Crippen MR) is 132 cm³/mol. The van der Waals surface area contributed by atoms with Crippen molar-refractivity contribution in [2.45, 2.75) is 89.4 Å². The number of halogens is 4. The minimum atomic E-state index is -2.70. The van der Waals surface area contributed by atoms with E-state index in [-0.39, 0.29) is 42.7 Å². The Kier molecular flexibility index (Phi) is 9.81. The summed E-state index contributed by atoms with van der Waals surface area (Å²) in [5, 5.41) is 0. The van der Waals surface area contributed by atoms with E-state index in [4.69, 9.17) is 0 Å². The molecule has 1 aliphatic rings. The Balaban J connectivity index is 1.55. The van der Waals surface area contributed by atoms with Crippen LogP contribution in [-0.2, 0) is 0 Å². The lowest BCUT2D eigenvalue weighted by Gasteiger charge is -2.28. The molecule has 0 bridgehead atoms. The van der Waals surface area contributed by atoms with Crippen LogP contribution in [0.5, 0.6) is 0 Å². The molecule has 1 aliphatic carbocycles. The molecule has 0 radical (unpaired) electrons. The largest absolute Gasteiger partial charge is 0.248 e. The molecule has 4 heteroatoms. The van der Waals surface area contributed by atoms with Gasteiger partial charge in [-0.2, -0.15) is 0 Å². The van der Waals surface area contributed by atoms with Crippen LogP contribution in [0.3, 0.4) is 0 Å². The molecule has 182 valence electrons. The first-order valence-corrected chi connectivity index (χ1v) is 12.5. The average Bonchev–Trinajstić information content (AvgIpc) is 2.83. The van der Waals surface area contributed by atoms with Gasteiger partial charge >= 0.3 is 0 Å². The molecule has 0 N–H and O–H groups in total. The van der Waals surface area contributed by atoms with Gasteiger partial charge in [0.05, 0.1) is 5.56 Å². The first kappa shape index (κ1) is 26.1. The van der Waals surface area contributed by atoms with Gasteiger partial charge in [-0.05, 0) is 60.9 Å². The Hall–Kier alpha value is -2.54. The van der Waals surface area contributed by atoms with Gasteiger partial charge in [0.1, 0.15) is 0 Å². The maximum absolute atomic E-state index is 14.6. The molecule has 0 spiro atoms. The van der Waals surface area contributed by atoms with Gasteiger partial charge in [0.2, 0.25) is 5.92 Å². The highest BCUT2D eigenvalue weighted by Gasteiger charge is 2.36. The first-order valence-electron chi connectivity index (χ1n) is 12.5. The second-order valence-corrected chi connectivity index (χ2v) is 9.29. The molecule has 3 rings (SSSR count). The second-order valence-electron chi connectivity index (χ2n) is 9.29. The van der Waals surface area contributed by atoms with E-state index in [1.54, 1.807) is 0 Å². The Bertz CT molecular complexity index is 999. The summed E-state index contributed by atoms with van der Waals surface area (Å²) in [6, 6.07) is 10.6. The van der Waals surface area contributed by atoms with Crippen LogP contribution in [0, 0.1) is 23.5 Å². The van der Waals surface area contributed by atoms with E-state index in [1.165, 1.54) is 50.7 Å².